The van der Waals surface area contributed by atoms with E-state index >= 15 is 0 Å². The van der Waals surface area contributed by atoms with Gasteiger partial charge in [-0.05, 0) is 36.4 Å². The summed E-state index contributed by atoms with van der Waals surface area (Å²) >= 11 is 6.34. The van der Waals surface area contributed by atoms with Gasteiger partial charge in [0.25, 0.3) is 0 Å². The lowest BCUT2D eigenvalue weighted by Crippen LogP contribution is -1.99. The molecule has 3 N–H and O–H groups in total. The number of nitrogens with two attached hydrogens (primary N) is 1. The maximum Gasteiger partial charge on any atom is 0.246 e. The van der Waals surface area contributed by atoms with Crippen LogP contribution in [0.2, 0.25) is 5.02 Å². The van der Waals surface area contributed by atoms with Gasteiger partial charge in [0.1, 0.15) is 17.3 Å². The molecule has 0 fully saturated rings. The summed E-state index contributed by atoms with van der Waals surface area (Å²) in [6.07, 6.45) is 0. The van der Waals surface area contributed by atoms with E-state index in [0.717, 1.165) is 0 Å². The normalized spacial score (nSPS) is 10.9. The molecule has 4 rings (SSSR count). The minimum atomic E-state index is -0.600. The minimum absolute atomic E-state index is 0.00885. The smallest absolute Gasteiger partial charge is 0.246 e. The molecule has 27 heavy (non-hydrogen) atoms. The van der Waals surface area contributed by atoms with Gasteiger partial charge < -0.3 is 15.6 Å². The third-order valence-corrected chi connectivity index (χ3v) is 4.39. The highest BCUT2D eigenvalue weighted by Crippen LogP contribution is 2.41. The van der Waals surface area contributed by atoms with E-state index in [2.05, 4.69) is 10.2 Å². The largest absolute Gasteiger partial charge is 0.507 e. The third-order valence-electron chi connectivity index (χ3n) is 4.08. The van der Waals surface area contributed by atoms with Crippen LogP contribution >= 0.6 is 11.6 Å². The molecule has 0 aliphatic carbocycles. The highest BCUT2D eigenvalue weighted by molar-refractivity contribution is 6.34. The number of anilines is 1. The zero-order valence-corrected chi connectivity index (χ0v) is 14.6. The number of phenolic OH excluding ortho intramolecular Hbond substituents is 1. The summed E-state index contributed by atoms with van der Waals surface area (Å²) < 4.78 is 20.1. The van der Waals surface area contributed by atoms with Crippen LogP contribution in [-0.2, 0) is 0 Å². The van der Waals surface area contributed by atoms with Gasteiger partial charge in [0.15, 0.2) is 5.82 Å². The molecule has 1 aromatic heterocycles. The van der Waals surface area contributed by atoms with Crippen molar-refractivity contribution >= 4 is 28.2 Å². The number of fused-ring (bicyclic) bond motifs is 1. The quantitative estimate of drug-likeness (QED) is 0.511. The number of phenols is 1. The summed E-state index contributed by atoms with van der Waals surface area (Å²) in [5.74, 6) is 0.0902. The Labute approximate surface area is 158 Å². The van der Waals surface area contributed by atoms with E-state index in [9.17, 15) is 9.50 Å². The van der Waals surface area contributed by atoms with Gasteiger partial charge in [0.05, 0.1) is 10.9 Å². The van der Waals surface area contributed by atoms with Crippen molar-refractivity contribution in [2.24, 2.45) is 0 Å². The molecule has 0 radical (unpaired) electrons. The van der Waals surface area contributed by atoms with Crippen molar-refractivity contribution in [2.75, 3.05) is 5.73 Å². The van der Waals surface area contributed by atoms with Gasteiger partial charge in [-0.15, -0.1) is 10.2 Å². The summed E-state index contributed by atoms with van der Waals surface area (Å²) in [7, 11) is 0. The molecule has 3 aromatic carbocycles. The van der Waals surface area contributed by atoms with Gasteiger partial charge in [0, 0.05) is 16.0 Å². The molecule has 0 bridgehead atoms. The molecule has 0 atom stereocenters. The molecule has 0 unspecified atom stereocenters. The molecule has 0 saturated heterocycles. The van der Waals surface area contributed by atoms with Crippen LogP contribution in [0, 0.1) is 5.82 Å². The SMILES string of the molecule is Nc1nnc(Oc2ccccc2)c2cc(-c3c(O)cccc3F)c(Cl)cc12. The van der Waals surface area contributed by atoms with Gasteiger partial charge in [-0.25, -0.2) is 4.39 Å². The van der Waals surface area contributed by atoms with E-state index in [1.54, 1.807) is 24.3 Å². The Balaban J connectivity index is 1.95. The maximum atomic E-state index is 14.3. The minimum Gasteiger partial charge on any atom is -0.507 e. The van der Waals surface area contributed by atoms with Gasteiger partial charge in [-0.1, -0.05) is 35.9 Å². The number of hydrogen-bond acceptors (Lipinski definition) is 5. The van der Waals surface area contributed by atoms with Crippen LogP contribution in [0.1, 0.15) is 0 Å². The van der Waals surface area contributed by atoms with Crippen molar-refractivity contribution in [2.45, 2.75) is 0 Å². The summed E-state index contributed by atoms with van der Waals surface area (Å²) in [6, 6.07) is 16.2. The number of ether oxygens (including phenoxy) is 1. The summed E-state index contributed by atoms with van der Waals surface area (Å²) in [5.41, 5.74) is 6.21. The molecule has 0 spiro atoms. The van der Waals surface area contributed by atoms with E-state index in [4.69, 9.17) is 22.1 Å². The third kappa shape index (κ3) is 3.11. The van der Waals surface area contributed by atoms with Crippen LogP contribution in [0.4, 0.5) is 10.2 Å². The standard InChI is InChI=1S/C20H13ClFN3O2/c21-15-10-12-13(9-14(15)18-16(22)7-4-8-17(18)26)20(25-24-19(12)23)27-11-5-2-1-3-6-11/h1-10,26H,(H2,23,24). The average Bonchev–Trinajstić information content (AvgIpc) is 2.66. The van der Waals surface area contributed by atoms with Gasteiger partial charge >= 0.3 is 0 Å². The molecule has 1 heterocycles. The summed E-state index contributed by atoms with van der Waals surface area (Å²) in [5, 5.41) is 19.3. The zero-order valence-electron chi connectivity index (χ0n) is 13.9. The summed E-state index contributed by atoms with van der Waals surface area (Å²) in [6.45, 7) is 0. The topological polar surface area (TPSA) is 81.3 Å². The Morgan fingerprint density at radius 3 is 2.48 bits per heavy atom. The molecule has 134 valence electrons. The molecule has 0 amide bonds. The van der Waals surface area contributed by atoms with Crippen molar-refractivity contribution in [3.8, 4) is 28.5 Å². The first-order chi connectivity index (χ1) is 13.0. The highest BCUT2D eigenvalue weighted by Gasteiger charge is 2.18. The number of benzene rings is 3. The van der Waals surface area contributed by atoms with Crippen molar-refractivity contribution in [1.82, 2.24) is 10.2 Å². The number of aromatic hydroxyl groups is 1. The lowest BCUT2D eigenvalue weighted by molar-refractivity contribution is 0.462. The van der Waals surface area contributed by atoms with E-state index in [1.165, 1.54) is 18.2 Å². The number of rotatable bonds is 3. The van der Waals surface area contributed by atoms with Crippen LogP contribution < -0.4 is 10.5 Å². The second-order valence-electron chi connectivity index (χ2n) is 5.82. The van der Waals surface area contributed by atoms with Crippen molar-refractivity contribution in [3.05, 3.63) is 71.5 Å². The fourth-order valence-corrected chi connectivity index (χ4v) is 3.07. The zero-order chi connectivity index (χ0) is 19.0. The first kappa shape index (κ1) is 17.1. The highest BCUT2D eigenvalue weighted by atomic mass is 35.5. The fraction of sp³-hybridized carbons (Fsp3) is 0. The number of nitrogen functional groups attached to an aromatic ring is 1. The lowest BCUT2D eigenvalue weighted by atomic mass is 10.0. The second kappa shape index (κ2) is 6.74. The number of halogens is 2. The first-order valence-electron chi connectivity index (χ1n) is 8.01. The van der Waals surface area contributed by atoms with Gasteiger partial charge in [0.2, 0.25) is 5.88 Å². The van der Waals surface area contributed by atoms with Crippen LogP contribution in [0.3, 0.4) is 0 Å². The molecule has 4 aromatic rings. The number of nitrogens with zero attached hydrogens (tertiary/aromatic N) is 2. The Kier molecular flexibility index (Phi) is 4.25. The maximum absolute atomic E-state index is 14.3. The van der Waals surface area contributed by atoms with Crippen LogP contribution in [-0.4, -0.2) is 15.3 Å². The Morgan fingerprint density at radius 1 is 0.963 bits per heavy atom. The Morgan fingerprint density at radius 2 is 1.74 bits per heavy atom. The monoisotopic (exact) mass is 381 g/mol. The van der Waals surface area contributed by atoms with E-state index in [1.807, 2.05) is 18.2 Å². The van der Waals surface area contributed by atoms with Crippen molar-refractivity contribution in [3.63, 3.8) is 0 Å². The molecular formula is C20H13ClFN3O2. The van der Waals surface area contributed by atoms with Crippen LogP contribution in [0.25, 0.3) is 21.9 Å². The predicted octanol–water partition coefficient (Wildman–Crippen LogP) is 5.17. The van der Waals surface area contributed by atoms with Crippen LogP contribution in [0.15, 0.2) is 60.7 Å². The molecule has 0 aliphatic rings. The van der Waals surface area contributed by atoms with Crippen molar-refractivity contribution < 1.29 is 14.2 Å². The molecule has 0 aliphatic heterocycles. The Hall–Kier alpha value is -3.38. The molecule has 7 heteroatoms. The summed E-state index contributed by atoms with van der Waals surface area (Å²) in [4.78, 5) is 0. The molecular weight excluding hydrogens is 369 g/mol. The van der Waals surface area contributed by atoms with Gasteiger partial charge in [-0.3, -0.25) is 0 Å². The molecule has 5 nitrogen and oxygen atoms in total. The van der Waals surface area contributed by atoms with E-state index in [-0.39, 0.29) is 28.0 Å². The van der Waals surface area contributed by atoms with Crippen LogP contribution in [0.5, 0.6) is 17.4 Å². The van der Waals surface area contributed by atoms with E-state index < -0.39 is 5.82 Å². The van der Waals surface area contributed by atoms with E-state index in [0.29, 0.717) is 22.1 Å². The molecule has 0 saturated carbocycles. The van der Waals surface area contributed by atoms with Gasteiger partial charge in [-0.2, -0.15) is 0 Å². The fourth-order valence-electron chi connectivity index (χ4n) is 2.82. The first-order valence-corrected chi connectivity index (χ1v) is 8.38. The Bertz CT molecular complexity index is 1130. The number of hydrogen-bond donors (Lipinski definition) is 2. The average molecular weight is 382 g/mol. The number of aromatic nitrogens is 2. The number of para-hydroxylation sites is 1. The lowest BCUT2D eigenvalue weighted by Gasteiger charge is -2.13. The predicted molar refractivity (Wildman–Crippen MR) is 103 cm³/mol. The van der Waals surface area contributed by atoms with Crippen molar-refractivity contribution in [1.29, 1.82) is 0 Å². The second-order valence-corrected chi connectivity index (χ2v) is 6.22.